The van der Waals surface area contributed by atoms with E-state index in [9.17, 15) is 4.79 Å². The van der Waals surface area contributed by atoms with Gasteiger partial charge in [-0.15, -0.1) is 0 Å². The summed E-state index contributed by atoms with van der Waals surface area (Å²) in [5, 5.41) is 2.91. The van der Waals surface area contributed by atoms with Crippen LogP contribution >= 0.6 is 22.6 Å². The number of nitrogens with one attached hydrogen (secondary N) is 1. The zero-order valence-corrected chi connectivity index (χ0v) is 17.1. The Morgan fingerprint density at radius 3 is 2.41 bits per heavy atom. The lowest BCUT2D eigenvalue weighted by atomic mass is 10.1. The van der Waals surface area contributed by atoms with E-state index in [1.54, 1.807) is 6.07 Å². The summed E-state index contributed by atoms with van der Waals surface area (Å²) in [4.78, 5) is 12.6. The molecule has 3 aromatic rings. The molecule has 0 fully saturated rings. The van der Waals surface area contributed by atoms with Gasteiger partial charge in [-0.25, -0.2) is 0 Å². The third kappa shape index (κ3) is 5.47. The minimum atomic E-state index is -0.166. The first kappa shape index (κ1) is 19.2. The Labute approximate surface area is 172 Å². The molecule has 5 heteroatoms. The molecular weight excluding hydrogens is 453 g/mol. The molecule has 0 saturated heterocycles. The summed E-state index contributed by atoms with van der Waals surface area (Å²) in [5.74, 6) is 1.33. The highest BCUT2D eigenvalue weighted by atomic mass is 127. The van der Waals surface area contributed by atoms with Gasteiger partial charge in [0.05, 0.1) is 6.61 Å². The lowest BCUT2D eigenvalue weighted by molar-refractivity contribution is 0.102. The zero-order valence-electron chi connectivity index (χ0n) is 14.9. The lowest BCUT2D eigenvalue weighted by Gasteiger charge is -2.13. The van der Waals surface area contributed by atoms with Crippen LogP contribution < -0.4 is 14.8 Å². The molecule has 0 atom stereocenters. The molecule has 0 aromatic heterocycles. The maximum atomic E-state index is 12.6. The van der Waals surface area contributed by atoms with Crippen molar-refractivity contribution in [1.29, 1.82) is 0 Å². The third-order valence-electron chi connectivity index (χ3n) is 3.86. The Bertz CT molecular complexity index is 895. The van der Waals surface area contributed by atoms with Gasteiger partial charge in [-0.05, 0) is 84.1 Å². The van der Waals surface area contributed by atoms with E-state index in [2.05, 4.69) is 27.9 Å². The van der Waals surface area contributed by atoms with Crippen molar-refractivity contribution in [2.24, 2.45) is 0 Å². The van der Waals surface area contributed by atoms with E-state index in [1.807, 2.05) is 73.7 Å². The maximum Gasteiger partial charge on any atom is 0.255 e. The number of rotatable bonds is 7. The van der Waals surface area contributed by atoms with Crippen molar-refractivity contribution >= 4 is 34.2 Å². The van der Waals surface area contributed by atoms with Crippen LogP contribution in [0.5, 0.6) is 11.5 Å². The molecule has 0 aliphatic carbocycles. The van der Waals surface area contributed by atoms with Crippen LogP contribution in [0.25, 0.3) is 0 Å². The number of amides is 1. The van der Waals surface area contributed by atoms with Gasteiger partial charge in [0.25, 0.3) is 5.91 Å². The van der Waals surface area contributed by atoms with Crippen molar-refractivity contribution in [2.75, 3.05) is 11.9 Å². The van der Waals surface area contributed by atoms with Crippen molar-refractivity contribution in [3.8, 4) is 11.5 Å². The molecule has 1 amide bonds. The molecule has 0 radical (unpaired) electrons. The Morgan fingerprint density at radius 2 is 1.70 bits per heavy atom. The van der Waals surface area contributed by atoms with Crippen LogP contribution in [-0.4, -0.2) is 12.5 Å². The molecule has 1 N–H and O–H groups in total. The van der Waals surface area contributed by atoms with Gasteiger partial charge < -0.3 is 14.8 Å². The summed E-state index contributed by atoms with van der Waals surface area (Å²) >= 11 is 2.23. The predicted molar refractivity (Wildman–Crippen MR) is 115 cm³/mol. The predicted octanol–water partition coefficient (Wildman–Crippen LogP) is 5.52. The molecular formula is C22H20INO3. The molecule has 0 aliphatic rings. The van der Waals surface area contributed by atoms with E-state index >= 15 is 0 Å². The van der Waals surface area contributed by atoms with Crippen LogP contribution in [-0.2, 0) is 6.61 Å². The number of hydrogen-bond acceptors (Lipinski definition) is 3. The summed E-state index contributed by atoms with van der Waals surface area (Å²) in [6.45, 7) is 2.80. The molecule has 0 heterocycles. The normalized spacial score (nSPS) is 10.3. The van der Waals surface area contributed by atoms with Crippen molar-refractivity contribution in [2.45, 2.75) is 13.5 Å². The topological polar surface area (TPSA) is 47.6 Å². The summed E-state index contributed by atoms with van der Waals surface area (Å²) in [6.07, 6.45) is 0. The van der Waals surface area contributed by atoms with Gasteiger partial charge in [0, 0.05) is 20.4 Å². The van der Waals surface area contributed by atoms with Crippen LogP contribution in [0.4, 0.5) is 5.69 Å². The Hall–Kier alpha value is -2.54. The highest BCUT2D eigenvalue weighted by molar-refractivity contribution is 14.1. The first-order valence-corrected chi connectivity index (χ1v) is 9.74. The molecule has 3 rings (SSSR count). The Balaban J connectivity index is 1.77. The van der Waals surface area contributed by atoms with Gasteiger partial charge in [-0.3, -0.25) is 4.79 Å². The van der Waals surface area contributed by atoms with Crippen LogP contribution in [0, 0.1) is 3.57 Å². The monoisotopic (exact) mass is 473 g/mol. The van der Waals surface area contributed by atoms with E-state index in [-0.39, 0.29) is 5.91 Å². The van der Waals surface area contributed by atoms with E-state index in [4.69, 9.17) is 9.47 Å². The van der Waals surface area contributed by atoms with Crippen LogP contribution in [0.3, 0.4) is 0 Å². The lowest BCUT2D eigenvalue weighted by Crippen LogP contribution is -2.13. The molecule has 0 unspecified atom stereocenters. The summed E-state index contributed by atoms with van der Waals surface area (Å²) in [6, 6.07) is 22.6. The minimum absolute atomic E-state index is 0.166. The number of halogens is 1. The number of carbonyl (C=O) groups is 1. The number of anilines is 1. The van der Waals surface area contributed by atoms with Gasteiger partial charge in [0.2, 0.25) is 0 Å². The SMILES string of the molecule is CCOc1ccc(C(=O)Nc2ccc(I)cc2)cc1COc1ccccc1. The van der Waals surface area contributed by atoms with Crippen LogP contribution in [0.2, 0.25) is 0 Å². The second-order valence-corrected chi connectivity index (χ2v) is 7.06. The minimum Gasteiger partial charge on any atom is -0.493 e. The van der Waals surface area contributed by atoms with Gasteiger partial charge in [0.15, 0.2) is 0 Å². The average molecular weight is 473 g/mol. The van der Waals surface area contributed by atoms with E-state index in [0.29, 0.717) is 18.8 Å². The highest BCUT2D eigenvalue weighted by Crippen LogP contribution is 2.23. The Kier molecular flexibility index (Phi) is 6.70. The quantitative estimate of drug-likeness (QED) is 0.460. The average Bonchev–Trinajstić information content (AvgIpc) is 2.70. The first-order chi connectivity index (χ1) is 13.2. The largest absolute Gasteiger partial charge is 0.493 e. The first-order valence-electron chi connectivity index (χ1n) is 8.66. The number of hydrogen-bond donors (Lipinski definition) is 1. The number of ether oxygens (including phenoxy) is 2. The summed E-state index contributed by atoms with van der Waals surface area (Å²) in [7, 11) is 0. The molecule has 4 nitrogen and oxygen atoms in total. The maximum absolute atomic E-state index is 12.6. The molecule has 0 saturated carbocycles. The molecule has 138 valence electrons. The third-order valence-corrected chi connectivity index (χ3v) is 4.58. The molecule has 3 aromatic carbocycles. The highest BCUT2D eigenvalue weighted by Gasteiger charge is 2.12. The number of para-hydroxylation sites is 1. The fourth-order valence-corrected chi connectivity index (χ4v) is 2.90. The van der Waals surface area contributed by atoms with E-state index in [0.717, 1.165) is 26.3 Å². The zero-order chi connectivity index (χ0) is 19.1. The molecule has 0 spiro atoms. The molecule has 0 aliphatic heterocycles. The fourth-order valence-electron chi connectivity index (χ4n) is 2.54. The summed E-state index contributed by atoms with van der Waals surface area (Å²) in [5.41, 5.74) is 2.15. The van der Waals surface area contributed by atoms with E-state index in [1.165, 1.54) is 0 Å². The van der Waals surface area contributed by atoms with Gasteiger partial charge in [-0.2, -0.15) is 0 Å². The molecule has 27 heavy (non-hydrogen) atoms. The molecule has 0 bridgehead atoms. The summed E-state index contributed by atoms with van der Waals surface area (Å²) < 4.78 is 12.6. The van der Waals surface area contributed by atoms with Gasteiger partial charge >= 0.3 is 0 Å². The van der Waals surface area contributed by atoms with Crippen molar-refractivity contribution < 1.29 is 14.3 Å². The second kappa shape index (κ2) is 9.41. The van der Waals surface area contributed by atoms with E-state index < -0.39 is 0 Å². The standard InChI is InChI=1S/C22H20INO3/c1-2-26-21-13-8-16(22(25)24-19-11-9-18(23)10-12-19)14-17(21)15-27-20-6-4-3-5-7-20/h3-14H,2,15H2,1H3,(H,24,25). The smallest absolute Gasteiger partial charge is 0.255 e. The van der Waals surface area contributed by atoms with Gasteiger partial charge in [-0.1, -0.05) is 18.2 Å². The fraction of sp³-hybridized carbons (Fsp3) is 0.136. The van der Waals surface area contributed by atoms with Crippen LogP contribution in [0.15, 0.2) is 72.8 Å². The van der Waals surface area contributed by atoms with Gasteiger partial charge in [0.1, 0.15) is 18.1 Å². The van der Waals surface area contributed by atoms with Crippen molar-refractivity contribution in [3.05, 3.63) is 87.5 Å². The van der Waals surface area contributed by atoms with Crippen molar-refractivity contribution in [1.82, 2.24) is 0 Å². The Morgan fingerprint density at radius 1 is 0.963 bits per heavy atom. The number of carbonyl (C=O) groups excluding carboxylic acids is 1. The second-order valence-electron chi connectivity index (χ2n) is 5.82. The van der Waals surface area contributed by atoms with Crippen LogP contribution in [0.1, 0.15) is 22.8 Å². The number of benzene rings is 3. The van der Waals surface area contributed by atoms with Crippen molar-refractivity contribution in [3.63, 3.8) is 0 Å².